The molecule has 2 aromatic carbocycles. The van der Waals surface area contributed by atoms with E-state index in [9.17, 15) is 9.18 Å². The predicted molar refractivity (Wildman–Crippen MR) is 91.1 cm³/mol. The van der Waals surface area contributed by atoms with Crippen LogP contribution < -0.4 is 5.32 Å². The van der Waals surface area contributed by atoms with Crippen LogP contribution in [0.2, 0.25) is 0 Å². The number of rotatable bonds is 4. The molecule has 0 spiro atoms. The zero-order valence-electron chi connectivity index (χ0n) is 13.3. The molecule has 2 aromatic heterocycles. The molecular formula is C17H12FN7O. The fourth-order valence-electron chi connectivity index (χ4n) is 2.49. The van der Waals surface area contributed by atoms with Crippen LogP contribution >= 0.6 is 0 Å². The normalized spacial score (nSPS) is 10.7. The first kappa shape index (κ1) is 15.6. The minimum Gasteiger partial charge on any atom is -0.322 e. The summed E-state index contributed by atoms with van der Waals surface area (Å²) >= 11 is 0. The van der Waals surface area contributed by atoms with Crippen LogP contribution in [-0.2, 0) is 0 Å². The van der Waals surface area contributed by atoms with Crippen LogP contribution in [0.1, 0.15) is 10.4 Å². The fraction of sp³-hybridized carbons (Fsp3) is 0. The van der Waals surface area contributed by atoms with Gasteiger partial charge in [-0.15, -0.1) is 10.2 Å². The van der Waals surface area contributed by atoms with Gasteiger partial charge in [-0.25, -0.2) is 9.07 Å². The van der Waals surface area contributed by atoms with Crippen LogP contribution in [0.4, 0.5) is 10.1 Å². The van der Waals surface area contributed by atoms with E-state index in [4.69, 9.17) is 0 Å². The highest BCUT2D eigenvalue weighted by atomic mass is 19.1. The highest BCUT2D eigenvalue weighted by Gasteiger charge is 2.15. The number of nitrogens with one attached hydrogen (secondary N) is 2. The van der Waals surface area contributed by atoms with Gasteiger partial charge in [-0.1, -0.05) is 0 Å². The lowest BCUT2D eigenvalue weighted by Gasteiger charge is -2.11. The average molecular weight is 349 g/mol. The monoisotopic (exact) mass is 349 g/mol. The summed E-state index contributed by atoms with van der Waals surface area (Å²) in [4.78, 5) is 12.6. The van der Waals surface area contributed by atoms with E-state index in [-0.39, 0.29) is 5.56 Å². The third kappa shape index (κ3) is 3.05. The van der Waals surface area contributed by atoms with Crippen LogP contribution in [0, 0.1) is 5.82 Å². The van der Waals surface area contributed by atoms with Crippen molar-refractivity contribution < 1.29 is 9.18 Å². The molecule has 0 aliphatic heterocycles. The Morgan fingerprint density at radius 3 is 2.69 bits per heavy atom. The lowest BCUT2D eigenvalue weighted by Crippen LogP contribution is -2.15. The molecule has 0 atom stereocenters. The Morgan fingerprint density at radius 1 is 1.15 bits per heavy atom. The standard InChI is InChI=1S/C17H12FN7O/c18-12-4-7-15(25-9-1-8-19-25)14(10-12)17(26)20-13-5-2-11(3-6-13)16-21-23-24-22-16/h1-10H,(H,20,26)(H,21,22,23,24). The summed E-state index contributed by atoms with van der Waals surface area (Å²) in [6.07, 6.45) is 3.27. The smallest absolute Gasteiger partial charge is 0.257 e. The summed E-state index contributed by atoms with van der Waals surface area (Å²) in [5, 5.41) is 20.5. The van der Waals surface area contributed by atoms with Gasteiger partial charge < -0.3 is 5.32 Å². The Labute approximate surface area is 146 Å². The van der Waals surface area contributed by atoms with E-state index in [2.05, 4.69) is 31.0 Å². The number of aromatic nitrogens is 6. The third-order valence-corrected chi connectivity index (χ3v) is 3.70. The number of amides is 1. The Kier molecular flexibility index (Phi) is 3.94. The van der Waals surface area contributed by atoms with Crippen molar-refractivity contribution in [2.75, 3.05) is 5.32 Å². The lowest BCUT2D eigenvalue weighted by molar-refractivity contribution is 0.102. The molecule has 2 N–H and O–H groups in total. The predicted octanol–water partition coefficient (Wildman–Crippen LogP) is 2.44. The fourth-order valence-corrected chi connectivity index (χ4v) is 2.49. The molecular weight excluding hydrogens is 337 g/mol. The van der Waals surface area contributed by atoms with Crippen LogP contribution in [0.15, 0.2) is 60.9 Å². The van der Waals surface area contributed by atoms with Gasteiger partial charge in [-0.3, -0.25) is 4.79 Å². The van der Waals surface area contributed by atoms with E-state index in [1.165, 1.54) is 22.9 Å². The van der Waals surface area contributed by atoms with Gasteiger partial charge in [0.05, 0.1) is 11.3 Å². The second kappa shape index (κ2) is 6.55. The molecule has 9 heteroatoms. The highest BCUT2D eigenvalue weighted by Crippen LogP contribution is 2.20. The molecule has 0 saturated carbocycles. The van der Waals surface area contributed by atoms with Crippen molar-refractivity contribution in [3.8, 4) is 17.1 Å². The van der Waals surface area contributed by atoms with E-state index >= 15 is 0 Å². The first-order chi connectivity index (χ1) is 12.7. The van der Waals surface area contributed by atoms with Crippen LogP contribution in [0.25, 0.3) is 17.1 Å². The van der Waals surface area contributed by atoms with Gasteiger partial charge in [0.1, 0.15) is 5.82 Å². The maximum Gasteiger partial charge on any atom is 0.257 e. The first-order valence-corrected chi connectivity index (χ1v) is 7.65. The second-order valence-corrected chi connectivity index (χ2v) is 5.38. The Morgan fingerprint density at radius 2 is 2.00 bits per heavy atom. The molecule has 8 nitrogen and oxygen atoms in total. The van der Waals surface area contributed by atoms with Gasteiger partial charge in [-0.2, -0.15) is 10.3 Å². The topological polar surface area (TPSA) is 101 Å². The first-order valence-electron chi connectivity index (χ1n) is 7.65. The molecule has 1 amide bonds. The van der Waals surface area contributed by atoms with E-state index in [0.29, 0.717) is 17.2 Å². The molecule has 0 fully saturated rings. The van der Waals surface area contributed by atoms with Crippen molar-refractivity contribution in [1.29, 1.82) is 0 Å². The zero-order valence-corrected chi connectivity index (χ0v) is 13.3. The van der Waals surface area contributed by atoms with Crippen LogP contribution in [0.5, 0.6) is 0 Å². The SMILES string of the molecule is O=C(Nc1ccc(-c2nn[nH]n2)cc1)c1cc(F)ccc1-n1cccn1. The number of hydrogen-bond donors (Lipinski definition) is 2. The molecule has 128 valence electrons. The molecule has 26 heavy (non-hydrogen) atoms. The number of carbonyl (C=O) groups excluding carboxylic acids is 1. The van der Waals surface area contributed by atoms with Gasteiger partial charge in [0.2, 0.25) is 5.82 Å². The molecule has 2 heterocycles. The number of tetrazole rings is 1. The van der Waals surface area contributed by atoms with E-state index in [1.54, 1.807) is 42.7 Å². The van der Waals surface area contributed by atoms with Crippen molar-refractivity contribution >= 4 is 11.6 Å². The van der Waals surface area contributed by atoms with Crippen molar-refractivity contribution in [3.63, 3.8) is 0 Å². The summed E-state index contributed by atoms with van der Waals surface area (Å²) in [5.41, 5.74) is 1.96. The van der Waals surface area contributed by atoms with Crippen molar-refractivity contribution in [1.82, 2.24) is 30.4 Å². The molecule has 0 bridgehead atoms. The van der Waals surface area contributed by atoms with Crippen LogP contribution in [0.3, 0.4) is 0 Å². The van der Waals surface area contributed by atoms with Crippen molar-refractivity contribution in [3.05, 3.63) is 72.3 Å². The molecule has 4 aromatic rings. The number of aromatic amines is 1. The van der Waals surface area contributed by atoms with E-state index in [0.717, 1.165) is 5.56 Å². The molecule has 0 saturated heterocycles. The second-order valence-electron chi connectivity index (χ2n) is 5.38. The highest BCUT2D eigenvalue weighted by molar-refractivity contribution is 6.06. The maximum absolute atomic E-state index is 13.7. The number of nitrogens with zero attached hydrogens (tertiary/aromatic N) is 5. The Hall–Kier alpha value is -3.88. The largest absolute Gasteiger partial charge is 0.322 e. The third-order valence-electron chi connectivity index (χ3n) is 3.70. The van der Waals surface area contributed by atoms with Gasteiger partial charge in [0.25, 0.3) is 5.91 Å². The molecule has 0 radical (unpaired) electrons. The summed E-state index contributed by atoms with van der Waals surface area (Å²) in [6, 6.07) is 12.6. The zero-order chi connectivity index (χ0) is 17.9. The van der Waals surface area contributed by atoms with Gasteiger partial charge >= 0.3 is 0 Å². The Bertz CT molecular complexity index is 1030. The number of benzene rings is 2. The minimum absolute atomic E-state index is 0.177. The van der Waals surface area contributed by atoms with Gasteiger partial charge in [0.15, 0.2) is 0 Å². The van der Waals surface area contributed by atoms with Crippen molar-refractivity contribution in [2.24, 2.45) is 0 Å². The lowest BCUT2D eigenvalue weighted by atomic mass is 10.1. The number of hydrogen-bond acceptors (Lipinski definition) is 5. The number of halogens is 1. The summed E-state index contributed by atoms with van der Waals surface area (Å²) in [6.45, 7) is 0. The quantitative estimate of drug-likeness (QED) is 0.589. The molecule has 0 unspecified atom stereocenters. The van der Waals surface area contributed by atoms with Crippen molar-refractivity contribution in [2.45, 2.75) is 0 Å². The minimum atomic E-state index is -0.501. The molecule has 0 aliphatic carbocycles. The summed E-state index contributed by atoms with van der Waals surface area (Å²) in [7, 11) is 0. The average Bonchev–Trinajstić information content (AvgIpc) is 3.36. The van der Waals surface area contributed by atoms with E-state index in [1.807, 2.05) is 0 Å². The molecule has 0 aliphatic rings. The summed E-state index contributed by atoms with van der Waals surface area (Å²) in [5.74, 6) is -0.491. The number of H-pyrrole nitrogens is 1. The Balaban J connectivity index is 1.60. The maximum atomic E-state index is 13.7. The summed E-state index contributed by atoms with van der Waals surface area (Å²) < 4.78 is 15.2. The van der Waals surface area contributed by atoms with Crippen LogP contribution in [-0.4, -0.2) is 36.3 Å². The molecule has 4 rings (SSSR count). The number of carbonyl (C=O) groups is 1. The van der Waals surface area contributed by atoms with E-state index < -0.39 is 11.7 Å². The van der Waals surface area contributed by atoms with Gasteiger partial charge in [0, 0.05) is 23.6 Å². The number of anilines is 1. The van der Waals surface area contributed by atoms with Gasteiger partial charge in [-0.05, 0) is 53.7 Å².